The Morgan fingerprint density at radius 1 is 1.27 bits per heavy atom. The van der Waals surface area contributed by atoms with E-state index >= 15 is 0 Å². The standard InChI is InChI=1S/C13H11ClO/c14-12-9-5-4-8-11(12)13(15)10-6-2-1-3-7-10/h1-2,4-6,8-9H,3,7H2. The van der Waals surface area contributed by atoms with E-state index in [0.29, 0.717) is 10.6 Å². The van der Waals surface area contributed by atoms with Gasteiger partial charge in [-0.1, -0.05) is 42.0 Å². The topological polar surface area (TPSA) is 17.1 Å². The molecule has 0 spiro atoms. The van der Waals surface area contributed by atoms with E-state index in [4.69, 9.17) is 11.6 Å². The Balaban J connectivity index is 2.32. The summed E-state index contributed by atoms with van der Waals surface area (Å²) in [5, 5.41) is 0.526. The zero-order valence-corrected chi connectivity index (χ0v) is 9.00. The van der Waals surface area contributed by atoms with Crippen molar-refractivity contribution in [1.29, 1.82) is 0 Å². The minimum atomic E-state index is 0.0463. The van der Waals surface area contributed by atoms with Crippen LogP contribution in [0.2, 0.25) is 5.02 Å². The minimum Gasteiger partial charge on any atom is -0.289 e. The van der Waals surface area contributed by atoms with Crippen LogP contribution in [0.1, 0.15) is 23.2 Å². The minimum absolute atomic E-state index is 0.0463. The second-order valence-corrected chi connectivity index (χ2v) is 3.87. The summed E-state index contributed by atoms with van der Waals surface area (Å²) in [6.07, 6.45) is 7.59. The first kappa shape index (κ1) is 10.2. The summed E-state index contributed by atoms with van der Waals surface area (Å²) in [4.78, 5) is 12.0. The first-order chi connectivity index (χ1) is 7.29. The van der Waals surface area contributed by atoms with E-state index < -0.39 is 0 Å². The Hall–Kier alpha value is -1.34. The third kappa shape index (κ3) is 2.18. The number of carbonyl (C=O) groups excluding carboxylic acids is 1. The number of hydrogen-bond donors (Lipinski definition) is 0. The molecule has 0 radical (unpaired) electrons. The van der Waals surface area contributed by atoms with Gasteiger partial charge < -0.3 is 0 Å². The van der Waals surface area contributed by atoms with Crippen LogP contribution in [0.15, 0.2) is 48.1 Å². The highest BCUT2D eigenvalue weighted by atomic mass is 35.5. The van der Waals surface area contributed by atoms with Gasteiger partial charge in [0.1, 0.15) is 0 Å². The molecule has 0 saturated carbocycles. The SMILES string of the molecule is O=C(C1=CC=CCC1)c1ccccc1Cl. The summed E-state index contributed by atoms with van der Waals surface area (Å²) >= 11 is 5.97. The molecule has 76 valence electrons. The smallest absolute Gasteiger partial charge is 0.190 e. The number of halogens is 1. The van der Waals surface area contributed by atoms with Crippen molar-refractivity contribution < 1.29 is 4.79 Å². The number of carbonyl (C=O) groups is 1. The average molecular weight is 219 g/mol. The van der Waals surface area contributed by atoms with Crippen molar-refractivity contribution in [2.24, 2.45) is 0 Å². The van der Waals surface area contributed by atoms with Crippen LogP contribution in [0.4, 0.5) is 0 Å². The van der Waals surface area contributed by atoms with Gasteiger partial charge in [0.25, 0.3) is 0 Å². The van der Waals surface area contributed by atoms with Gasteiger partial charge in [-0.3, -0.25) is 4.79 Å². The average Bonchev–Trinajstić information content (AvgIpc) is 2.30. The van der Waals surface area contributed by atoms with Crippen LogP contribution >= 0.6 is 11.6 Å². The number of Topliss-reactive ketones (excluding diaryl/α,β-unsaturated/α-hetero) is 1. The number of benzene rings is 1. The molecular weight excluding hydrogens is 208 g/mol. The van der Waals surface area contributed by atoms with Gasteiger partial charge in [0, 0.05) is 11.1 Å². The van der Waals surface area contributed by atoms with Crippen LogP contribution < -0.4 is 0 Å². The monoisotopic (exact) mass is 218 g/mol. The fraction of sp³-hybridized carbons (Fsp3) is 0.154. The summed E-state index contributed by atoms with van der Waals surface area (Å²) in [7, 11) is 0. The van der Waals surface area contributed by atoms with Crippen LogP contribution in [-0.2, 0) is 0 Å². The van der Waals surface area contributed by atoms with Gasteiger partial charge in [-0.05, 0) is 25.0 Å². The second-order valence-electron chi connectivity index (χ2n) is 3.47. The third-order valence-electron chi connectivity index (χ3n) is 2.42. The van der Waals surface area contributed by atoms with Crippen molar-refractivity contribution in [2.75, 3.05) is 0 Å². The maximum Gasteiger partial charge on any atom is 0.190 e. The van der Waals surface area contributed by atoms with Crippen LogP contribution in [0, 0.1) is 0 Å². The van der Waals surface area contributed by atoms with Crippen molar-refractivity contribution >= 4 is 17.4 Å². The fourth-order valence-corrected chi connectivity index (χ4v) is 1.83. The molecule has 0 unspecified atom stereocenters. The van der Waals surface area contributed by atoms with Crippen LogP contribution in [0.5, 0.6) is 0 Å². The van der Waals surface area contributed by atoms with Gasteiger partial charge in [0.05, 0.1) is 5.02 Å². The molecular formula is C13H11ClO. The summed E-state index contributed by atoms with van der Waals surface area (Å²) in [6.45, 7) is 0. The van der Waals surface area contributed by atoms with Crippen LogP contribution in [-0.4, -0.2) is 5.78 Å². The van der Waals surface area contributed by atoms with Crippen molar-refractivity contribution in [3.05, 3.63) is 58.7 Å². The molecule has 0 aromatic heterocycles. The molecule has 2 heteroatoms. The first-order valence-electron chi connectivity index (χ1n) is 4.94. The molecule has 0 amide bonds. The quantitative estimate of drug-likeness (QED) is 0.690. The molecule has 0 N–H and O–H groups in total. The van der Waals surface area contributed by atoms with Gasteiger partial charge in [0.15, 0.2) is 5.78 Å². The van der Waals surface area contributed by atoms with E-state index in [-0.39, 0.29) is 5.78 Å². The molecule has 1 aromatic carbocycles. The van der Waals surface area contributed by atoms with Crippen molar-refractivity contribution in [3.8, 4) is 0 Å². The molecule has 0 heterocycles. The maximum atomic E-state index is 12.0. The van der Waals surface area contributed by atoms with Gasteiger partial charge >= 0.3 is 0 Å². The summed E-state index contributed by atoms with van der Waals surface area (Å²) < 4.78 is 0. The second kappa shape index (κ2) is 4.45. The lowest BCUT2D eigenvalue weighted by Crippen LogP contribution is -2.05. The lowest BCUT2D eigenvalue weighted by atomic mass is 9.96. The van der Waals surface area contributed by atoms with Gasteiger partial charge in [-0.2, -0.15) is 0 Å². The molecule has 1 aliphatic carbocycles. The molecule has 0 bridgehead atoms. The molecule has 15 heavy (non-hydrogen) atoms. The Morgan fingerprint density at radius 2 is 2.07 bits per heavy atom. The fourth-order valence-electron chi connectivity index (χ4n) is 1.61. The predicted molar refractivity (Wildman–Crippen MR) is 62.2 cm³/mol. The Bertz CT molecular complexity index is 444. The lowest BCUT2D eigenvalue weighted by Gasteiger charge is -2.08. The molecule has 0 aliphatic heterocycles. The highest BCUT2D eigenvalue weighted by Gasteiger charge is 2.14. The molecule has 0 fully saturated rings. The maximum absolute atomic E-state index is 12.0. The van der Waals surface area contributed by atoms with E-state index in [2.05, 4.69) is 6.08 Å². The summed E-state index contributed by atoms with van der Waals surface area (Å²) in [5.74, 6) is 0.0463. The number of allylic oxidation sites excluding steroid dienone is 4. The molecule has 1 aliphatic rings. The number of ketones is 1. The largest absolute Gasteiger partial charge is 0.289 e. The lowest BCUT2D eigenvalue weighted by molar-refractivity contribution is 0.103. The van der Waals surface area contributed by atoms with E-state index in [1.807, 2.05) is 24.3 Å². The zero-order chi connectivity index (χ0) is 10.7. The molecule has 1 nitrogen and oxygen atoms in total. The molecule has 0 atom stereocenters. The van der Waals surface area contributed by atoms with Crippen molar-refractivity contribution in [1.82, 2.24) is 0 Å². The van der Waals surface area contributed by atoms with E-state index in [0.717, 1.165) is 18.4 Å². The Labute approximate surface area is 94.1 Å². The number of hydrogen-bond acceptors (Lipinski definition) is 1. The normalized spacial score (nSPS) is 14.9. The van der Waals surface area contributed by atoms with Crippen molar-refractivity contribution in [2.45, 2.75) is 12.8 Å². The van der Waals surface area contributed by atoms with Crippen LogP contribution in [0.25, 0.3) is 0 Å². The van der Waals surface area contributed by atoms with Crippen LogP contribution in [0.3, 0.4) is 0 Å². The van der Waals surface area contributed by atoms with E-state index in [9.17, 15) is 4.79 Å². The third-order valence-corrected chi connectivity index (χ3v) is 2.75. The van der Waals surface area contributed by atoms with Crippen molar-refractivity contribution in [3.63, 3.8) is 0 Å². The van der Waals surface area contributed by atoms with Gasteiger partial charge in [-0.15, -0.1) is 0 Å². The molecule has 2 rings (SSSR count). The Kier molecular flexibility index (Phi) is 3.02. The summed E-state index contributed by atoms with van der Waals surface area (Å²) in [6, 6.07) is 7.17. The summed E-state index contributed by atoms with van der Waals surface area (Å²) in [5.41, 5.74) is 1.44. The Morgan fingerprint density at radius 3 is 2.73 bits per heavy atom. The van der Waals surface area contributed by atoms with E-state index in [1.54, 1.807) is 12.1 Å². The molecule has 0 saturated heterocycles. The zero-order valence-electron chi connectivity index (χ0n) is 8.24. The highest BCUT2D eigenvalue weighted by molar-refractivity contribution is 6.34. The predicted octanol–water partition coefficient (Wildman–Crippen LogP) is 3.80. The first-order valence-corrected chi connectivity index (χ1v) is 5.32. The number of rotatable bonds is 2. The highest BCUT2D eigenvalue weighted by Crippen LogP contribution is 2.22. The molecule has 1 aromatic rings. The van der Waals surface area contributed by atoms with Gasteiger partial charge in [0.2, 0.25) is 0 Å². The van der Waals surface area contributed by atoms with E-state index in [1.165, 1.54) is 0 Å². The van der Waals surface area contributed by atoms with Gasteiger partial charge in [-0.25, -0.2) is 0 Å².